The van der Waals surface area contributed by atoms with Crippen LogP contribution < -0.4 is 16.6 Å². The summed E-state index contributed by atoms with van der Waals surface area (Å²) in [6.07, 6.45) is -0.0939. The van der Waals surface area contributed by atoms with E-state index in [0.29, 0.717) is 20.7 Å². The first-order valence-corrected chi connectivity index (χ1v) is 10.4. The number of nitrogens with one attached hydrogen (secondary N) is 1. The normalized spacial score (nSPS) is 11.1. The Hall–Kier alpha value is -2.82. The largest absolute Gasteiger partial charge is 0.331 e. The second-order valence-corrected chi connectivity index (χ2v) is 8.33. The smallest absolute Gasteiger partial charge is 0.302 e. The molecule has 29 heavy (non-hydrogen) atoms. The predicted octanol–water partition coefficient (Wildman–Crippen LogP) is 2.65. The molecular weight excluding hydrogens is 434 g/mol. The van der Waals surface area contributed by atoms with Crippen LogP contribution in [-0.2, 0) is 25.3 Å². The molecule has 0 saturated heterocycles. The third-order valence-electron chi connectivity index (χ3n) is 4.36. The number of hydrogen-bond acceptors (Lipinski definition) is 7. The summed E-state index contributed by atoms with van der Waals surface area (Å²) in [4.78, 5) is 41.8. The van der Waals surface area contributed by atoms with Gasteiger partial charge in [-0.3, -0.25) is 18.7 Å². The van der Waals surface area contributed by atoms with Crippen molar-refractivity contribution in [2.24, 2.45) is 14.1 Å². The van der Waals surface area contributed by atoms with E-state index in [1.165, 1.54) is 23.0 Å². The number of amides is 1. The number of fused-ring (bicyclic) bond motifs is 1. The Balaban J connectivity index is 1.56. The van der Waals surface area contributed by atoms with Crippen LogP contribution in [0.2, 0.25) is 5.02 Å². The minimum absolute atomic E-state index is 0.0939. The lowest BCUT2D eigenvalue weighted by molar-refractivity contribution is -0.115. The van der Waals surface area contributed by atoms with E-state index in [4.69, 9.17) is 11.6 Å². The highest BCUT2D eigenvalue weighted by Gasteiger charge is 2.19. The average Bonchev–Trinajstić information content (AvgIpc) is 3.32. The van der Waals surface area contributed by atoms with Gasteiger partial charge in [-0.2, -0.15) is 4.37 Å². The highest BCUT2D eigenvalue weighted by molar-refractivity contribution is 7.14. The van der Waals surface area contributed by atoms with Crippen molar-refractivity contribution in [3.8, 4) is 11.3 Å². The molecule has 4 rings (SSSR count). The summed E-state index contributed by atoms with van der Waals surface area (Å²) < 4.78 is 6.59. The SMILES string of the molecule is Cn1c(=O)c2c(CC(=O)Nc3nc(-c4ccc(Cl)cc4)cs3)nsc2n(C)c1=O. The maximum absolute atomic E-state index is 12.5. The van der Waals surface area contributed by atoms with Crippen LogP contribution in [0, 0.1) is 0 Å². The van der Waals surface area contributed by atoms with E-state index in [1.54, 1.807) is 19.2 Å². The standard InChI is InChI=1S/C18H14ClN5O3S2/c1-23-15(26)14-11(22-29-16(14)24(2)18(23)27)7-13(25)21-17-20-12(8-28-17)9-3-5-10(19)6-4-9/h3-6,8H,7H2,1-2H3,(H,20,21,25). The van der Waals surface area contributed by atoms with Crippen LogP contribution in [0.15, 0.2) is 39.2 Å². The summed E-state index contributed by atoms with van der Waals surface area (Å²) in [5.74, 6) is -0.342. The highest BCUT2D eigenvalue weighted by atomic mass is 35.5. The zero-order chi connectivity index (χ0) is 20.7. The van der Waals surface area contributed by atoms with E-state index in [9.17, 15) is 14.4 Å². The van der Waals surface area contributed by atoms with Crippen molar-refractivity contribution in [2.75, 3.05) is 5.32 Å². The second-order valence-electron chi connectivity index (χ2n) is 6.28. The number of aromatic nitrogens is 4. The summed E-state index contributed by atoms with van der Waals surface area (Å²) in [6.45, 7) is 0. The summed E-state index contributed by atoms with van der Waals surface area (Å²) in [6, 6.07) is 7.25. The summed E-state index contributed by atoms with van der Waals surface area (Å²) in [5, 5.41) is 5.94. The number of halogens is 1. The Kier molecular flexibility index (Phi) is 5.07. The molecule has 1 amide bonds. The molecule has 11 heteroatoms. The van der Waals surface area contributed by atoms with Crippen molar-refractivity contribution in [1.29, 1.82) is 0 Å². The molecule has 0 aliphatic heterocycles. The van der Waals surface area contributed by atoms with Crippen LogP contribution in [0.25, 0.3) is 21.5 Å². The van der Waals surface area contributed by atoms with Crippen molar-refractivity contribution in [3.05, 3.63) is 61.2 Å². The van der Waals surface area contributed by atoms with E-state index in [-0.39, 0.29) is 17.7 Å². The van der Waals surface area contributed by atoms with Gasteiger partial charge in [0.25, 0.3) is 5.56 Å². The van der Waals surface area contributed by atoms with Crippen LogP contribution in [0.5, 0.6) is 0 Å². The number of nitrogens with zero attached hydrogens (tertiary/aromatic N) is 4. The average molecular weight is 448 g/mol. The Bertz CT molecular complexity index is 1350. The van der Waals surface area contributed by atoms with Crippen LogP contribution in [0.3, 0.4) is 0 Å². The number of hydrogen-bond donors (Lipinski definition) is 1. The Morgan fingerprint density at radius 1 is 1.17 bits per heavy atom. The van der Waals surface area contributed by atoms with Gasteiger partial charge in [0, 0.05) is 30.1 Å². The van der Waals surface area contributed by atoms with E-state index < -0.39 is 11.2 Å². The van der Waals surface area contributed by atoms with Gasteiger partial charge in [0.05, 0.1) is 23.2 Å². The summed E-state index contributed by atoms with van der Waals surface area (Å²) >= 11 is 8.22. The first-order valence-electron chi connectivity index (χ1n) is 8.40. The molecule has 0 fully saturated rings. The number of rotatable bonds is 4. The Morgan fingerprint density at radius 3 is 2.62 bits per heavy atom. The lowest BCUT2D eigenvalue weighted by Crippen LogP contribution is -2.36. The zero-order valence-corrected chi connectivity index (χ0v) is 17.7. The van der Waals surface area contributed by atoms with Gasteiger partial charge in [-0.1, -0.05) is 23.7 Å². The van der Waals surface area contributed by atoms with Crippen molar-refractivity contribution < 1.29 is 4.79 Å². The lowest BCUT2D eigenvalue weighted by Gasteiger charge is -2.04. The zero-order valence-electron chi connectivity index (χ0n) is 15.3. The summed E-state index contributed by atoms with van der Waals surface area (Å²) in [7, 11) is 2.97. The number of thiazole rings is 1. The predicted molar refractivity (Wildman–Crippen MR) is 115 cm³/mol. The highest BCUT2D eigenvalue weighted by Crippen LogP contribution is 2.26. The van der Waals surface area contributed by atoms with Crippen LogP contribution in [-0.4, -0.2) is 24.4 Å². The molecule has 0 radical (unpaired) electrons. The van der Waals surface area contributed by atoms with Gasteiger partial charge in [0.2, 0.25) is 5.91 Å². The number of benzene rings is 1. The molecule has 0 spiro atoms. The number of aryl methyl sites for hydroxylation is 1. The van der Waals surface area contributed by atoms with Crippen molar-refractivity contribution in [1.82, 2.24) is 18.5 Å². The first-order chi connectivity index (χ1) is 13.8. The minimum Gasteiger partial charge on any atom is -0.302 e. The molecule has 0 unspecified atom stereocenters. The lowest BCUT2D eigenvalue weighted by atomic mass is 10.2. The molecule has 3 aromatic heterocycles. The van der Waals surface area contributed by atoms with E-state index in [1.807, 2.05) is 17.5 Å². The van der Waals surface area contributed by atoms with E-state index in [2.05, 4.69) is 14.7 Å². The number of anilines is 1. The summed E-state index contributed by atoms with van der Waals surface area (Å²) in [5.41, 5.74) is 1.07. The van der Waals surface area contributed by atoms with E-state index >= 15 is 0 Å². The quantitative estimate of drug-likeness (QED) is 0.518. The fourth-order valence-electron chi connectivity index (χ4n) is 2.84. The number of carbonyl (C=O) groups is 1. The third-order valence-corrected chi connectivity index (χ3v) is 6.33. The van der Waals surface area contributed by atoms with Crippen molar-refractivity contribution >= 4 is 55.7 Å². The van der Waals surface area contributed by atoms with Gasteiger partial charge in [0.15, 0.2) is 5.13 Å². The van der Waals surface area contributed by atoms with Crippen LogP contribution >= 0.6 is 34.5 Å². The fourth-order valence-corrected chi connectivity index (χ4v) is 4.56. The molecule has 0 atom stereocenters. The van der Waals surface area contributed by atoms with Gasteiger partial charge in [0.1, 0.15) is 4.83 Å². The monoisotopic (exact) mass is 447 g/mol. The van der Waals surface area contributed by atoms with Crippen LogP contribution in [0.4, 0.5) is 5.13 Å². The van der Waals surface area contributed by atoms with Gasteiger partial charge in [-0.25, -0.2) is 9.78 Å². The Morgan fingerprint density at radius 2 is 1.90 bits per heavy atom. The van der Waals surface area contributed by atoms with Crippen LogP contribution in [0.1, 0.15) is 5.69 Å². The maximum atomic E-state index is 12.5. The Labute approximate surface area is 177 Å². The van der Waals surface area contributed by atoms with Crippen molar-refractivity contribution in [3.63, 3.8) is 0 Å². The molecule has 8 nitrogen and oxygen atoms in total. The maximum Gasteiger partial charge on any atom is 0.331 e. The minimum atomic E-state index is -0.459. The molecule has 0 saturated carbocycles. The molecule has 4 aromatic rings. The van der Waals surface area contributed by atoms with Crippen molar-refractivity contribution in [2.45, 2.75) is 6.42 Å². The van der Waals surface area contributed by atoms with Gasteiger partial charge in [-0.15, -0.1) is 11.3 Å². The first kappa shape index (κ1) is 19.5. The van der Waals surface area contributed by atoms with Gasteiger partial charge < -0.3 is 5.32 Å². The second kappa shape index (κ2) is 7.54. The molecular formula is C18H14ClN5O3S2. The van der Waals surface area contributed by atoms with Gasteiger partial charge >= 0.3 is 5.69 Å². The molecule has 0 bridgehead atoms. The molecule has 0 aliphatic rings. The molecule has 148 valence electrons. The number of carbonyl (C=O) groups excluding carboxylic acids is 1. The molecule has 1 aromatic carbocycles. The third kappa shape index (κ3) is 3.61. The van der Waals surface area contributed by atoms with Gasteiger partial charge in [-0.05, 0) is 23.7 Å². The fraction of sp³-hybridized carbons (Fsp3) is 0.167. The van der Waals surface area contributed by atoms with E-state index in [0.717, 1.165) is 27.4 Å². The topological polar surface area (TPSA) is 98.9 Å². The molecule has 3 heterocycles. The molecule has 1 N–H and O–H groups in total. The molecule has 0 aliphatic carbocycles.